The van der Waals surface area contributed by atoms with Crippen LogP contribution in [0.2, 0.25) is 0 Å². The Kier molecular flexibility index (Phi) is 4.63. The molecule has 26 heavy (non-hydrogen) atoms. The van der Waals surface area contributed by atoms with E-state index in [1.54, 1.807) is 25.2 Å². The number of hydrogen-bond acceptors (Lipinski definition) is 4. The number of benzene rings is 2. The summed E-state index contributed by atoms with van der Waals surface area (Å²) in [6.07, 6.45) is 3.80. The van der Waals surface area contributed by atoms with E-state index in [-0.39, 0.29) is 0 Å². The standard InChI is InChI=1S/C21H19N3OS/c1-3-26-21-19-18(15-7-5-4-6-8-15)13-24(20(19)22-14-23-21)16-9-11-17(25-2)12-10-16/h4-14H,3H2,1-2H3. The van der Waals surface area contributed by atoms with Gasteiger partial charge in [-0.3, -0.25) is 0 Å². The van der Waals surface area contributed by atoms with Gasteiger partial charge in [-0.25, -0.2) is 9.97 Å². The Morgan fingerprint density at radius 2 is 1.77 bits per heavy atom. The lowest BCUT2D eigenvalue weighted by atomic mass is 10.1. The number of aromatic nitrogens is 3. The quantitative estimate of drug-likeness (QED) is 0.361. The van der Waals surface area contributed by atoms with Crippen molar-refractivity contribution >= 4 is 22.8 Å². The first-order valence-corrected chi connectivity index (χ1v) is 9.49. The van der Waals surface area contributed by atoms with Crippen molar-refractivity contribution < 1.29 is 4.74 Å². The summed E-state index contributed by atoms with van der Waals surface area (Å²) in [5, 5.41) is 2.12. The van der Waals surface area contributed by atoms with E-state index in [0.717, 1.165) is 44.4 Å². The van der Waals surface area contributed by atoms with E-state index >= 15 is 0 Å². The van der Waals surface area contributed by atoms with E-state index < -0.39 is 0 Å². The van der Waals surface area contributed by atoms with Crippen LogP contribution in [0, 0.1) is 0 Å². The summed E-state index contributed by atoms with van der Waals surface area (Å²) in [5.41, 5.74) is 4.27. The van der Waals surface area contributed by atoms with Crippen molar-refractivity contribution in [2.24, 2.45) is 0 Å². The molecule has 0 unspecified atom stereocenters. The van der Waals surface area contributed by atoms with Crippen LogP contribution in [0.5, 0.6) is 5.75 Å². The van der Waals surface area contributed by atoms with E-state index in [0.29, 0.717) is 0 Å². The minimum atomic E-state index is 0.838. The molecule has 4 nitrogen and oxygen atoms in total. The van der Waals surface area contributed by atoms with Crippen LogP contribution < -0.4 is 4.74 Å². The molecule has 0 radical (unpaired) electrons. The third-order valence-corrected chi connectivity index (χ3v) is 5.14. The Hall–Kier alpha value is -2.79. The molecule has 0 aliphatic carbocycles. The molecule has 0 bridgehead atoms. The van der Waals surface area contributed by atoms with E-state index in [1.165, 1.54) is 0 Å². The monoisotopic (exact) mass is 361 g/mol. The second kappa shape index (κ2) is 7.22. The van der Waals surface area contributed by atoms with E-state index in [1.807, 2.05) is 30.3 Å². The van der Waals surface area contributed by atoms with Crippen LogP contribution in [0.3, 0.4) is 0 Å². The smallest absolute Gasteiger partial charge is 0.149 e. The van der Waals surface area contributed by atoms with Crippen LogP contribution >= 0.6 is 11.8 Å². The molecule has 0 amide bonds. The summed E-state index contributed by atoms with van der Waals surface area (Å²) in [4.78, 5) is 9.13. The van der Waals surface area contributed by atoms with E-state index in [4.69, 9.17) is 4.74 Å². The Labute approximate surface area is 156 Å². The lowest BCUT2D eigenvalue weighted by Gasteiger charge is -2.06. The van der Waals surface area contributed by atoms with Crippen LogP contribution in [0.25, 0.3) is 27.8 Å². The van der Waals surface area contributed by atoms with Crippen molar-refractivity contribution in [1.82, 2.24) is 14.5 Å². The van der Waals surface area contributed by atoms with Gasteiger partial charge in [0, 0.05) is 17.4 Å². The van der Waals surface area contributed by atoms with Crippen molar-refractivity contribution in [2.45, 2.75) is 11.9 Å². The van der Waals surface area contributed by atoms with Gasteiger partial charge in [0.15, 0.2) is 0 Å². The summed E-state index contributed by atoms with van der Waals surface area (Å²) < 4.78 is 7.40. The molecule has 4 rings (SSSR count). The Balaban J connectivity index is 1.98. The van der Waals surface area contributed by atoms with Gasteiger partial charge in [-0.05, 0) is 35.6 Å². The van der Waals surface area contributed by atoms with Gasteiger partial charge in [-0.1, -0.05) is 37.3 Å². The van der Waals surface area contributed by atoms with Crippen LogP contribution in [0.15, 0.2) is 72.1 Å². The summed E-state index contributed by atoms with van der Waals surface area (Å²) in [6.45, 7) is 2.14. The molecule has 0 aliphatic heterocycles. The van der Waals surface area contributed by atoms with Gasteiger partial charge in [-0.2, -0.15) is 0 Å². The fourth-order valence-electron chi connectivity index (χ4n) is 3.06. The zero-order valence-corrected chi connectivity index (χ0v) is 15.5. The zero-order valence-electron chi connectivity index (χ0n) is 14.7. The number of hydrogen-bond donors (Lipinski definition) is 0. The number of thioether (sulfide) groups is 1. The molecule has 130 valence electrons. The molecule has 0 N–H and O–H groups in total. The lowest BCUT2D eigenvalue weighted by Crippen LogP contribution is -1.95. The van der Waals surface area contributed by atoms with Gasteiger partial charge in [-0.15, -0.1) is 11.8 Å². The maximum absolute atomic E-state index is 5.28. The van der Waals surface area contributed by atoms with E-state index in [2.05, 4.69) is 51.9 Å². The Morgan fingerprint density at radius 1 is 1.00 bits per heavy atom. The van der Waals surface area contributed by atoms with E-state index in [9.17, 15) is 0 Å². The molecule has 0 saturated heterocycles. The molecular formula is C21H19N3OS. The molecule has 5 heteroatoms. The third-order valence-electron chi connectivity index (χ3n) is 4.26. The Morgan fingerprint density at radius 3 is 2.46 bits per heavy atom. The summed E-state index contributed by atoms with van der Waals surface area (Å²) >= 11 is 1.74. The van der Waals surface area contributed by atoms with Crippen molar-refractivity contribution in [3.63, 3.8) is 0 Å². The minimum absolute atomic E-state index is 0.838. The number of nitrogens with zero attached hydrogens (tertiary/aromatic N) is 3. The summed E-state index contributed by atoms with van der Waals surface area (Å²) in [5.74, 6) is 1.80. The van der Waals surface area contributed by atoms with Crippen molar-refractivity contribution in [3.05, 3.63) is 67.1 Å². The first-order chi connectivity index (χ1) is 12.8. The molecule has 2 aromatic carbocycles. The molecule has 0 aliphatic rings. The van der Waals surface area contributed by atoms with Crippen molar-refractivity contribution in [2.75, 3.05) is 12.9 Å². The average Bonchev–Trinajstić information content (AvgIpc) is 3.10. The molecule has 0 atom stereocenters. The predicted octanol–water partition coefficient (Wildman–Crippen LogP) is 5.21. The van der Waals surface area contributed by atoms with Gasteiger partial charge in [0.05, 0.1) is 12.5 Å². The van der Waals surface area contributed by atoms with Gasteiger partial charge >= 0.3 is 0 Å². The summed E-state index contributed by atoms with van der Waals surface area (Å²) in [7, 11) is 1.68. The lowest BCUT2D eigenvalue weighted by molar-refractivity contribution is 0.415. The van der Waals surface area contributed by atoms with Gasteiger partial charge in [0.1, 0.15) is 22.7 Å². The predicted molar refractivity (Wildman–Crippen MR) is 107 cm³/mol. The molecule has 4 aromatic rings. The maximum Gasteiger partial charge on any atom is 0.149 e. The Bertz CT molecular complexity index is 1030. The fraction of sp³-hybridized carbons (Fsp3) is 0.143. The summed E-state index contributed by atoms with van der Waals surface area (Å²) in [6, 6.07) is 18.4. The zero-order chi connectivity index (χ0) is 17.9. The second-order valence-corrected chi connectivity index (χ2v) is 7.04. The first-order valence-electron chi connectivity index (χ1n) is 8.50. The largest absolute Gasteiger partial charge is 0.497 e. The van der Waals surface area contributed by atoms with Crippen LogP contribution in [-0.4, -0.2) is 27.4 Å². The van der Waals surface area contributed by atoms with Crippen LogP contribution in [0.1, 0.15) is 6.92 Å². The van der Waals surface area contributed by atoms with Crippen LogP contribution in [0.4, 0.5) is 0 Å². The number of rotatable bonds is 5. The minimum Gasteiger partial charge on any atom is -0.497 e. The van der Waals surface area contributed by atoms with Gasteiger partial charge in [0.2, 0.25) is 0 Å². The normalized spacial score (nSPS) is 11.0. The highest BCUT2D eigenvalue weighted by molar-refractivity contribution is 7.99. The van der Waals surface area contributed by atoms with Gasteiger partial charge in [0.25, 0.3) is 0 Å². The second-order valence-electron chi connectivity index (χ2n) is 5.79. The van der Waals surface area contributed by atoms with Gasteiger partial charge < -0.3 is 9.30 Å². The SMILES string of the molecule is CCSc1ncnc2c1c(-c1ccccc1)cn2-c1ccc(OC)cc1. The highest BCUT2D eigenvalue weighted by atomic mass is 32.2. The number of methoxy groups -OCH3 is 1. The van der Waals surface area contributed by atoms with Crippen molar-refractivity contribution in [1.29, 1.82) is 0 Å². The number of ether oxygens (including phenoxy) is 1. The average molecular weight is 361 g/mol. The fourth-order valence-corrected chi connectivity index (χ4v) is 3.80. The highest BCUT2D eigenvalue weighted by Crippen LogP contribution is 2.36. The third kappa shape index (κ3) is 2.95. The maximum atomic E-state index is 5.28. The topological polar surface area (TPSA) is 39.9 Å². The molecule has 0 spiro atoms. The van der Waals surface area contributed by atoms with Crippen LogP contribution in [-0.2, 0) is 0 Å². The molecule has 0 fully saturated rings. The molecular weight excluding hydrogens is 342 g/mol. The number of fused-ring (bicyclic) bond motifs is 1. The molecule has 0 saturated carbocycles. The molecule has 2 aromatic heterocycles. The highest BCUT2D eigenvalue weighted by Gasteiger charge is 2.17. The molecule has 2 heterocycles. The first kappa shape index (κ1) is 16.7. The van der Waals surface area contributed by atoms with Crippen molar-refractivity contribution in [3.8, 4) is 22.6 Å².